The molecule has 2 aliphatic rings. The maximum Gasteiger partial charge on any atom is 0.0641 e. The van der Waals surface area contributed by atoms with Crippen molar-refractivity contribution in [3.63, 3.8) is 0 Å². The molecule has 0 radical (unpaired) electrons. The summed E-state index contributed by atoms with van der Waals surface area (Å²) in [6.45, 7) is 9.25. The summed E-state index contributed by atoms with van der Waals surface area (Å²) in [5.74, 6) is 1.56. The summed E-state index contributed by atoms with van der Waals surface area (Å²) < 4.78 is 0. The predicted octanol–water partition coefficient (Wildman–Crippen LogP) is 3.70. The molecule has 0 heterocycles. The minimum absolute atomic E-state index is 0.245. The number of aliphatic hydroxyl groups excluding tert-OH is 1. The molecular weight excluding hydrogens is 196 g/mol. The first-order valence-corrected chi connectivity index (χ1v) is 6.57. The fraction of sp³-hybridized carbons (Fsp3) is 0.733. The standard InChI is InChI=1S/C15H24O/c1-11(2)14-5-4-12(3)15(14)8-6-13(10-16)7-9-15/h6,11,14,16H,3-5,7-10H2,1-2H3. The van der Waals surface area contributed by atoms with Crippen LogP contribution in [0.4, 0.5) is 0 Å². The van der Waals surface area contributed by atoms with E-state index in [1.165, 1.54) is 30.4 Å². The van der Waals surface area contributed by atoms with Crippen molar-refractivity contribution in [1.29, 1.82) is 0 Å². The smallest absolute Gasteiger partial charge is 0.0641 e. The van der Waals surface area contributed by atoms with Crippen LogP contribution in [-0.2, 0) is 0 Å². The number of hydrogen-bond donors (Lipinski definition) is 1. The fourth-order valence-electron chi connectivity index (χ4n) is 3.80. The van der Waals surface area contributed by atoms with Crippen LogP contribution in [0.5, 0.6) is 0 Å². The van der Waals surface area contributed by atoms with Crippen LogP contribution >= 0.6 is 0 Å². The Kier molecular flexibility index (Phi) is 3.25. The van der Waals surface area contributed by atoms with Crippen molar-refractivity contribution in [3.05, 3.63) is 23.8 Å². The number of allylic oxidation sites excluding steroid dienone is 2. The van der Waals surface area contributed by atoms with E-state index in [0.717, 1.165) is 24.7 Å². The summed E-state index contributed by atoms with van der Waals surface area (Å²) in [5.41, 5.74) is 3.07. The lowest BCUT2D eigenvalue weighted by molar-refractivity contribution is 0.164. The second kappa shape index (κ2) is 4.37. The van der Waals surface area contributed by atoms with E-state index in [4.69, 9.17) is 0 Å². The van der Waals surface area contributed by atoms with Gasteiger partial charge in [-0.25, -0.2) is 0 Å². The predicted molar refractivity (Wildman–Crippen MR) is 68.2 cm³/mol. The van der Waals surface area contributed by atoms with Gasteiger partial charge in [0.1, 0.15) is 0 Å². The highest BCUT2D eigenvalue weighted by Crippen LogP contribution is 2.57. The van der Waals surface area contributed by atoms with Crippen LogP contribution in [0, 0.1) is 17.3 Å². The summed E-state index contributed by atoms with van der Waals surface area (Å²) in [6, 6.07) is 0. The summed E-state index contributed by atoms with van der Waals surface area (Å²) in [5, 5.41) is 9.17. The maximum absolute atomic E-state index is 9.17. The highest BCUT2D eigenvalue weighted by atomic mass is 16.3. The minimum Gasteiger partial charge on any atom is -0.392 e. The third-order valence-electron chi connectivity index (χ3n) is 4.83. The molecular formula is C15H24O. The molecule has 1 heteroatoms. The Labute approximate surface area is 99.3 Å². The SMILES string of the molecule is C=C1CCC(C(C)C)C12CC=C(CO)CC2. The zero-order valence-corrected chi connectivity index (χ0v) is 10.6. The first-order chi connectivity index (χ1) is 7.60. The number of hydrogen-bond acceptors (Lipinski definition) is 1. The molecule has 1 saturated carbocycles. The van der Waals surface area contributed by atoms with Gasteiger partial charge in [0.05, 0.1) is 6.61 Å². The van der Waals surface area contributed by atoms with Gasteiger partial charge in [-0.2, -0.15) is 0 Å². The molecule has 16 heavy (non-hydrogen) atoms. The van der Waals surface area contributed by atoms with Crippen LogP contribution in [0.1, 0.15) is 46.0 Å². The molecule has 0 aromatic rings. The molecule has 2 atom stereocenters. The molecule has 0 amide bonds. The van der Waals surface area contributed by atoms with Crippen molar-refractivity contribution in [2.24, 2.45) is 17.3 Å². The van der Waals surface area contributed by atoms with Crippen LogP contribution in [0.2, 0.25) is 0 Å². The average molecular weight is 220 g/mol. The summed E-state index contributed by atoms with van der Waals surface area (Å²) >= 11 is 0. The van der Waals surface area contributed by atoms with E-state index in [-0.39, 0.29) is 6.61 Å². The van der Waals surface area contributed by atoms with Crippen molar-refractivity contribution in [1.82, 2.24) is 0 Å². The highest BCUT2D eigenvalue weighted by molar-refractivity contribution is 5.25. The Hall–Kier alpha value is -0.560. The normalized spacial score (nSPS) is 34.9. The maximum atomic E-state index is 9.17. The molecule has 0 aliphatic heterocycles. The molecule has 0 saturated heterocycles. The second-order valence-electron chi connectivity index (χ2n) is 5.87. The Morgan fingerprint density at radius 3 is 2.75 bits per heavy atom. The van der Waals surface area contributed by atoms with Gasteiger partial charge in [0, 0.05) is 0 Å². The van der Waals surface area contributed by atoms with E-state index in [9.17, 15) is 5.11 Å². The van der Waals surface area contributed by atoms with Crippen molar-refractivity contribution in [3.8, 4) is 0 Å². The van der Waals surface area contributed by atoms with Crippen molar-refractivity contribution in [2.75, 3.05) is 6.61 Å². The third kappa shape index (κ3) is 1.75. The van der Waals surface area contributed by atoms with Crippen molar-refractivity contribution < 1.29 is 5.11 Å². The van der Waals surface area contributed by atoms with Gasteiger partial charge in [0.15, 0.2) is 0 Å². The average Bonchev–Trinajstić information content (AvgIpc) is 2.58. The minimum atomic E-state index is 0.245. The van der Waals surface area contributed by atoms with Gasteiger partial charge >= 0.3 is 0 Å². The van der Waals surface area contributed by atoms with Gasteiger partial charge in [-0.1, -0.05) is 32.1 Å². The Bertz CT molecular complexity index is 313. The Morgan fingerprint density at radius 2 is 2.25 bits per heavy atom. The molecule has 90 valence electrons. The van der Waals surface area contributed by atoms with Gasteiger partial charge in [0.2, 0.25) is 0 Å². The van der Waals surface area contributed by atoms with Crippen molar-refractivity contribution in [2.45, 2.75) is 46.0 Å². The summed E-state index contributed by atoms with van der Waals surface area (Å²) in [6.07, 6.45) is 8.20. The molecule has 0 aromatic heterocycles. The van der Waals surface area contributed by atoms with Gasteiger partial charge in [-0.3, -0.25) is 0 Å². The van der Waals surface area contributed by atoms with Gasteiger partial charge in [-0.05, 0) is 54.9 Å². The largest absolute Gasteiger partial charge is 0.392 e. The molecule has 2 unspecified atom stereocenters. The molecule has 2 aliphatic carbocycles. The first kappa shape index (κ1) is 11.9. The number of rotatable bonds is 2. The molecule has 0 aromatic carbocycles. The van der Waals surface area contributed by atoms with Crippen molar-refractivity contribution >= 4 is 0 Å². The van der Waals surface area contributed by atoms with Gasteiger partial charge < -0.3 is 5.11 Å². The van der Waals surface area contributed by atoms with E-state index in [1.54, 1.807) is 0 Å². The van der Waals surface area contributed by atoms with E-state index < -0.39 is 0 Å². The van der Waals surface area contributed by atoms with E-state index >= 15 is 0 Å². The lowest BCUT2D eigenvalue weighted by atomic mass is 9.63. The van der Waals surface area contributed by atoms with E-state index in [2.05, 4.69) is 26.5 Å². The van der Waals surface area contributed by atoms with Gasteiger partial charge in [-0.15, -0.1) is 0 Å². The van der Waals surface area contributed by atoms with E-state index in [1.807, 2.05) is 0 Å². The van der Waals surface area contributed by atoms with E-state index in [0.29, 0.717) is 5.41 Å². The zero-order chi connectivity index (χ0) is 11.8. The number of aliphatic hydroxyl groups is 1. The molecule has 2 rings (SSSR count). The zero-order valence-electron chi connectivity index (χ0n) is 10.6. The molecule has 1 spiro atoms. The topological polar surface area (TPSA) is 20.2 Å². The van der Waals surface area contributed by atoms with Crippen LogP contribution in [0.15, 0.2) is 23.8 Å². The van der Waals surface area contributed by atoms with Crippen LogP contribution in [0.25, 0.3) is 0 Å². The molecule has 1 fully saturated rings. The molecule has 1 nitrogen and oxygen atoms in total. The summed E-state index contributed by atoms with van der Waals surface area (Å²) in [4.78, 5) is 0. The fourth-order valence-corrected chi connectivity index (χ4v) is 3.80. The first-order valence-electron chi connectivity index (χ1n) is 6.57. The van der Waals surface area contributed by atoms with Crippen LogP contribution in [-0.4, -0.2) is 11.7 Å². The van der Waals surface area contributed by atoms with Gasteiger partial charge in [0.25, 0.3) is 0 Å². The highest BCUT2D eigenvalue weighted by Gasteiger charge is 2.46. The Balaban J connectivity index is 2.23. The third-order valence-corrected chi connectivity index (χ3v) is 4.83. The second-order valence-corrected chi connectivity index (χ2v) is 5.87. The van der Waals surface area contributed by atoms with Crippen LogP contribution in [0.3, 0.4) is 0 Å². The molecule has 1 N–H and O–H groups in total. The monoisotopic (exact) mass is 220 g/mol. The molecule has 0 bridgehead atoms. The quantitative estimate of drug-likeness (QED) is 0.704. The lowest BCUT2D eigenvalue weighted by Crippen LogP contribution is -2.32. The Morgan fingerprint density at radius 1 is 1.50 bits per heavy atom. The van der Waals surface area contributed by atoms with Crippen LogP contribution < -0.4 is 0 Å². The summed E-state index contributed by atoms with van der Waals surface area (Å²) in [7, 11) is 0. The lowest BCUT2D eigenvalue weighted by Gasteiger charge is -2.41.